The van der Waals surface area contributed by atoms with E-state index in [-0.39, 0.29) is 5.54 Å². The SMILES string of the molecule is CCN(C)c1cc(NCC(C)(C)NC)ncn1. The summed E-state index contributed by atoms with van der Waals surface area (Å²) in [4.78, 5) is 10.5. The Labute approximate surface area is 104 Å². The minimum absolute atomic E-state index is 0.0434. The van der Waals surface area contributed by atoms with Crippen LogP contribution in [0, 0.1) is 0 Å². The van der Waals surface area contributed by atoms with Gasteiger partial charge in [0.2, 0.25) is 0 Å². The number of hydrogen-bond donors (Lipinski definition) is 2. The van der Waals surface area contributed by atoms with Crippen molar-refractivity contribution in [2.24, 2.45) is 0 Å². The lowest BCUT2D eigenvalue weighted by Gasteiger charge is -2.24. The Morgan fingerprint density at radius 3 is 2.65 bits per heavy atom. The van der Waals surface area contributed by atoms with Crippen molar-refractivity contribution in [1.29, 1.82) is 0 Å². The van der Waals surface area contributed by atoms with Crippen LogP contribution in [0.25, 0.3) is 0 Å². The van der Waals surface area contributed by atoms with Crippen molar-refractivity contribution in [2.75, 3.05) is 37.4 Å². The molecule has 1 rings (SSSR count). The molecule has 0 fully saturated rings. The molecule has 0 amide bonds. The molecule has 1 heterocycles. The number of aromatic nitrogens is 2. The van der Waals surface area contributed by atoms with Gasteiger partial charge in [0.25, 0.3) is 0 Å². The number of rotatable bonds is 6. The van der Waals surface area contributed by atoms with E-state index in [9.17, 15) is 0 Å². The zero-order valence-corrected chi connectivity index (χ0v) is 11.4. The van der Waals surface area contributed by atoms with Gasteiger partial charge >= 0.3 is 0 Å². The molecule has 96 valence electrons. The average molecular weight is 237 g/mol. The van der Waals surface area contributed by atoms with Gasteiger partial charge in [0.15, 0.2) is 0 Å². The largest absolute Gasteiger partial charge is 0.368 e. The molecule has 0 unspecified atom stereocenters. The monoisotopic (exact) mass is 237 g/mol. The first-order chi connectivity index (χ1) is 7.98. The Morgan fingerprint density at radius 2 is 2.06 bits per heavy atom. The van der Waals surface area contributed by atoms with E-state index in [1.807, 2.05) is 20.2 Å². The van der Waals surface area contributed by atoms with Gasteiger partial charge in [0.1, 0.15) is 18.0 Å². The van der Waals surface area contributed by atoms with Gasteiger partial charge in [-0.2, -0.15) is 0 Å². The van der Waals surface area contributed by atoms with Crippen LogP contribution in [-0.2, 0) is 0 Å². The van der Waals surface area contributed by atoms with E-state index in [1.54, 1.807) is 6.33 Å². The third kappa shape index (κ3) is 4.19. The summed E-state index contributed by atoms with van der Waals surface area (Å²) >= 11 is 0. The fraction of sp³-hybridized carbons (Fsp3) is 0.667. The Kier molecular flexibility index (Phi) is 4.69. The topological polar surface area (TPSA) is 53.1 Å². The molecule has 0 aliphatic rings. The van der Waals surface area contributed by atoms with Gasteiger partial charge in [-0.05, 0) is 27.8 Å². The van der Waals surface area contributed by atoms with Gasteiger partial charge in [-0.15, -0.1) is 0 Å². The number of hydrogen-bond acceptors (Lipinski definition) is 5. The number of nitrogens with zero attached hydrogens (tertiary/aromatic N) is 3. The minimum atomic E-state index is 0.0434. The van der Waals surface area contributed by atoms with E-state index >= 15 is 0 Å². The Bertz CT molecular complexity index is 351. The summed E-state index contributed by atoms with van der Waals surface area (Å²) in [5.74, 6) is 1.80. The second-order valence-electron chi connectivity index (χ2n) is 4.76. The van der Waals surface area contributed by atoms with E-state index in [2.05, 4.69) is 46.3 Å². The van der Waals surface area contributed by atoms with Gasteiger partial charge in [-0.25, -0.2) is 9.97 Å². The highest BCUT2D eigenvalue weighted by molar-refractivity contribution is 5.47. The molecule has 0 atom stereocenters. The predicted octanol–water partition coefficient (Wildman–Crippen LogP) is 1.34. The first-order valence-corrected chi connectivity index (χ1v) is 5.94. The molecule has 0 aromatic carbocycles. The van der Waals surface area contributed by atoms with Crippen molar-refractivity contribution in [2.45, 2.75) is 26.3 Å². The Hall–Kier alpha value is -1.36. The summed E-state index contributed by atoms with van der Waals surface area (Å²) in [6.45, 7) is 8.12. The lowest BCUT2D eigenvalue weighted by atomic mass is 10.1. The van der Waals surface area contributed by atoms with Crippen LogP contribution in [0.1, 0.15) is 20.8 Å². The first kappa shape index (κ1) is 13.7. The molecular formula is C12H23N5. The van der Waals surface area contributed by atoms with E-state index in [0.29, 0.717) is 0 Å². The van der Waals surface area contributed by atoms with Crippen molar-refractivity contribution in [3.05, 3.63) is 12.4 Å². The van der Waals surface area contributed by atoms with Crippen LogP contribution in [0.15, 0.2) is 12.4 Å². The quantitative estimate of drug-likeness (QED) is 0.782. The van der Waals surface area contributed by atoms with Crippen LogP contribution in [-0.4, -0.2) is 42.7 Å². The lowest BCUT2D eigenvalue weighted by molar-refractivity contribution is 0.447. The molecule has 1 aromatic rings. The maximum Gasteiger partial charge on any atom is 0.133 e. The molecule has 0 saturated heterocycles. The van der Waals surface area contributed by atoms with E-state index < -0.39 is 0 Å². The highest BCUT2D eigenvalue weighted by atomic mass is 15.2. The van der Waals surface area contributed by atoms with Crippen LogP contribution in [0.2, 0.25) is 0 Å². The predicted molar refractivity (Wildman–Crippen MR) is 72.6 cm³/mol. The van der Waals surface area contributed by atoms with Crippen LogP contribution in [0.5, 0.6) is 0 Å². The maximum absolute atomic E-state index is 4.23. The summed E-state index contributed by atoms with van der Waals surface area (Å²) < 4.78 is 0. The number of nitrogens with one attached hydrogen (secondary N) is 2. The zero-order valence-electron chi connectivity index (χ0n) is 11.4. The van der Waals surface area contributed by atoms with Crippen LogP contribution >= 0.6 is 0 Å². The molecule has 0 spiro atoms. The summed E-state index contributed by atoms with van der Waals surface area (Å²) in [7, 11) is 3.97. The molecule has 0 aliphatic carbocycles. The van der Waals surface area contributed by atoms with Gasteiger partial charge in [-0.3, -0.25) is 0 Å². The zero-order chi connectivity index (χ0) is 12.9. The summed E-state index contributed by atoms with van der Waals surface area (Å²) in [6.07, 6.45) is 1.59. The molecule has 0 radical (unpaired) electrons. The first-order valence-electron chi connectivity index (χ1n) is 5.94. The molecule has 0 aliphatic heterocycles. The number of anilines is 2. The summed E-state index contributed by atoms with van der Waals surface area (Å²) in [6, 6.07) is 1.97. The second kappa shape index (κ2) is 5.82. The molecule has 5 nitrogen and oxygen atoms in total. The van der Waals surface area contributed by atoms with E-state index in [1.165, 1.54) is 0 Å². The van der Waals surface area contributed by atoms with Crippen LogP contribution < -0.4 is 15.5 Å². The average Bonchev–Trinajstić information content (AvgIpc) is 2.36. The van der Waals surface area contributed by atoms with Crippen molar-refractivity contribution >= 4 is 11.6 Å². The standard InChI is InChI=1S/C12H23N5/c1-6-17(5)11-7-10(15-9-16-11)14-8-12(2,3)13-4/h7,9,13H,6,8H2,1-5H3,(H,14,15,16). The third-order valence-corrected chi connectivity index (χ3v) is 2.91. The van der Waals surface area contributed by atoms with Crippen molar-refractivity contribution in [3.63, 3.8) is 0 Å². The van der Waals surface area contributed by atoms with Crippen molar-refractivity contribution < 1.29 is 0 Å². The summed E-state index contributed by atoms with van der Waals surface area (Å²) in [5, 5.41) is 6.56. The van der Waals surface area contributed by atoms with E-state index in [4.69, 9.17) is 0 Å². The molecule has 0 saturated carbocycles. The third-order valence-electron chi connectivity index (χ3n) is 2.91. The van der Waals surface area contributed by atoms with E-state index in [0.717, 1.165) is 24.7 Å². The molecule has 17 heavy (non-hydrogen) atoms. The van der Waals surface area contributed by atoms with Crippen molar-refractivity contribution in [1.82, 2.24) is 15.3 Å². The van der Waals surface area contributed by atoms with Gasteiger partial charge in [-0.1, -0.05) is 0 Å². The fourth-order valence-corrected chi connectivity index (χ4v) is 1.21. The molecular weight excluding hydrogens is 214 g/mol. The minimum Gasteiger partial charge on any atom is -0.368 e. The Morgan fingerprint density at radius 1 is 1.35 bits per heavy atom. The molecule has 5 heteroatoms. The fourth-order valence-electron chi connectivity index (χ4n) is 1.21. The molecule has 0 bridgehead atoms. The lowest BCUT2D eigenvalue weighted by Crippen LogP contribution is -2.42. The highest BCUT2D eigenvalue weighted by Gasteiger charge is 2.14. The maximum atomic E-state index is 4.23. The number of likely N-dealkylation sites (N-methyl/N-ethyl adjacent to an activating group) is 1. The van der Waals surface area contributed by atoms with Gasteiger partial charge in [0.05, 0.1) is 0 Å². The van der Waals surface area contributed by atoms with Gasteiger partial charge < -0.3 is 15.5 Å². The summed E-state index contributed by atoms with van der Waals surface area (Å²) in [5.41, 5.74) is 0.0434. The smallest absolute Gasteiger partial charge is 0.133 e. The van der Waals surface area contributed by atoms with Crippen LogP contribution in [0.3, 0.4) is 0 Å². The normalized spacial score (nSPS) is 11.4. The van der Waals surface area contributed by atoms with Gasteiger partial charge in [0, 0.05) is 31.7 Å². The highest BCUT2D eigenvalue weighted by Crippen LogP contribution is 2.13. The second-order valence-corrected chi connectivity index (χ2v) is 4.76. The Balaban J connectivity index is 2.66. The van der Waals surface area contributed by atoms with Crippen LogP contribution in [0.4, 0.5) is 11.6 Å². The van der Waals surface area contributed by atoms with Crippen molar-refractivity contribution in [3.8, 4) is 0 Å². The molecule has 2 N–H and O–H groups in total. The molecule has 1 aromatic heterocycles.